The zero-order chi connectivity index (χ0) is 9.14. The Morgan fingerprint density at radius 2 is 2.00 bits per heavy atom. The van der Waals surface area contributed by atoms with Crippen LogP contribution in [0.5, 0.6) is 0 Å². The third-order valence-corrected chi connectivity index (χ3v) is 2.29. The van der Waals surface area contributed by atoms with E-state index in [0.29, 0.717) is 6.54 Å². The van der Waals surface area contributed by atoms with Gasteiger partial charge in [0.15, 0.2) is 0 Å². The van der Waals surface area contributed by atoms with Gasteiger partial charge >= 0.3 is 0 Å². The minimum atomic E-state index is -0.998. The number of hydrogen-bond acceptors (Lipinski definition) is 4. The fourth-order valence-corrected chi connectivity index (χ4v) is 1.46. The predicted octanol–water partition coefficient (Wildman–Crippen LogP) is -0.858. The van der Waals surface area contributed by atoms with Gasteiger partial charge < -0.3 is 15.3 Å². The van der Waals surface area contributed by atoms with Gasteiger partial charge in [-0.2, -0.15) is 0 Å². The van der Waals surface area contributed by atoms with Gasteiger partial charge in [0.05, 0.1) is 6.10 Å². The van der Waals surface area contributed by atoms with Crippen LogP contribution in [-0.4, -0.2) is 51.7 Å². The number of aliphatic hydroxyl groups is 3. The van der Waals surface area contributed by atoms with Gasteiger partial charge in [-0.3, -0.25) is 4.90 Å². The van der Waals surface area contributed by atoms with Gasteiger partial charge in [-0.25, -0.2) is 0 Å². The van der Waals surface area contributed by atoms with E-state index < -0.39 is 18.4 Å². The second kappa shape index (κ2) is 4.18. The molecule has 1 saturated heterocycles. The van der Waals surface area contributed by atoms with Gasteiger partial charge in [0, 0.05) is 13.1 Å². The van der Waals surface area contributed by atoms with Crippen LogP contribution in [0.4, 0.5) is 0 Å². The SMILES string of the molecule is CCCCN1CC(O)C(O)C1O. The lowest BCUT2D eigenvalue weighted by molar-refractivity contribution is -0.0548. The highest BCUT2D eigenvalue weighted by molar-refractivity contribution is 4.86. The third-order valence-electron chi connectivity index (χ3n) is 2.29. The molecule has 0 amide bonds. The van der Waals surface area contributed by atoms with Crippen molar-refractivity contribution in [2.24, 2.45) is 0 Å². The largest absolute Gasteiger partial charge is 0.389 e. The second-order valence-corrected chi connectivity index (χ2v) is 3.32. The average Bonchev–Trinajstić information content (AvgIpc) is 2.30. The first-order chi connectivity index (χ1) is 5.66. The van der Waals surface area contributed by atoms with Crippen LogP contribution in [0.1, 0.15) is 19.8 Å². The molecule has 0 aromatic carbocycles. The van der Waals surface area contributed by atoms with E-state index in [1.807, 2.05) is 0 Å². The molecule has 3 unspecified atom stereocenters. The van der Waals surface area contributed by atoms with Crippen LogP contribution in [0.15, 0.2) is 0 Å². The van der Waals surface area contributed by atoms with Gasteiger partial charge in [-0.05, 0) is 6.42 Å². The maximum Gasteiger partial charge on any atom is 0.136 e. The summed E-state index contributed by atoms with van der Waals surface area (Å²) in [5.74, 6) is 0. The molecule has 0 radical (unpaired) electrons. The summed E-state index contributed by atoms with van der Waals surface area (Å²) in [4.78, 5) is 1.71. The molecular formula is C8H17NO3. The molecule has 3 N–H and O–H groups in total. The molecule has 0 aromatic rings. The number of nitrogens with zero attached hydrogens (tertiary/aromatic N) is 1. The fraction of sp³-hybridized carbons (Fsp3) is 1.00. The first-order valence-electron chi connectivity index (χ1n) is 4.45. The van der Waals surface area contributed by atoms with Crippen molar-refractivity contribution in [3.8, 4) is 0 Å². The minimum Gasteiger partial charge on any atom is -0.389 e. The molecule has 72 valence electrons. The number of aliphatic hydroxyl groups excluding tert-OH is 3. The van der Waals surface area contributed by atoms with Crippen LogP contribution in [0.3, 0.4) is 0 Å². The molecule has 1 fully saturated rings. The van der Waals surface area contributed by atoms with Gasteiger partial charge in [-0.15, -0.1) is 0 Å². The monoisotopic (exact) mass is 175 g/mol. The zero-order valence-electron chi connectivity index (χ0n) is 7.35. The van der Waals surface area contributed by atoms with Crippen LogP contribution in [0.25, 0.3) is 0 Å². The highest BCUT2D eigenvalue weighted by Gasteiger charge is 2.37. The summed E-state index contributed by atoms with van der Waals surface area (Å²) in [7, 11) is 0. The molecule has 1 aliphatic rings. The van der Waals surface area contributed by atoms with Crippen LogP contribution in [0, 0.1) is 0 Å². The predicted molar refractivity (Wildman–Crippen MR) is 44.5 cm³/mol. The fourth-order valence-electron chi connectivity index (χ4n) is 1.46. The molecular weight excluding hydrogens is 158 g/mol. The number of likely N-dealkylation sites (tertiary alicyclic amines) is 1. The van der Waals surface area contributed by atoms with E-state index in [2.05, 4.69) is 6.92 Å². The van der Waals surface area contributed by atoms with Crippen molar-refractivity contribution in [1.29, 1.82) is 0 Å². The van der Waals surface area contributed by atoms with Crippen LogP contribution < -0.4 is 0 Å². The van der Waals surface area contributed by atoms with Crippen molar-refractivity contribution < 1.29 is 15.3 Å². The van der Waals surface area contributed by atoms with Crippen molar-refractivity contribution in [2.75, 3.05) is 13.1 Å². The van der Waals surface area contributed by atoms with Crippen LogP contribution in [-0.2, 0) is 0 Å². The summed E-state index contributed by atoms with van der Waals surface area (Å²) in [5, 5.41) is 27.8. The highest BCUT2D eigenvalue weighted by Crippen LogP contribution is 2.16. The summed E-state index contributed by atoms with van der Waals surface area (Å²) in [5.41, 5.74) is 0. The molecule has 4 heteroatoms. The molecule has 4 nitrogen and oxygen atoms in total. The lowest BCUT2D eigenvalue weighted by Gasteiger charge is -2.19. The van der Waals surface area contributed by atoms with Gasteiger partial charge in [0.2, 0.25) is 0 Å². The van der Waals surface area contributed by atoms with Crippen molar-refractivity contribution in [3.63, 3.8) is 0 Å². The second-order valence-electron chi connectivity index (χ2n) is 3.32. The maximum absolute atomic E-state index is 9.37. The molecule has 1 aliphatic heterocycles. The quantitative estimate of drug-likeness (QED) is 0.522. The van der Waals surface area contributed by atoms with Crippen molar-refractivity contribution in [2.45, 2.75) is 38.2 Å². The van der Waals surface area contributed by atoms with Crippen molar-refractivity contribution in [3.05, 3.63) is 0 Å². The molecule has 1 rings (SSSR count). The Morgan fingerprint density at radius 1 is 1.33 bits per heavy atom. The standard InChI is InChI=1S/C8H17NO3/c1-2-3-4-9-5-6(10)7(11)8(9)12/h6-8,10-12H,2-5H2,1H3. The normalized spacial score (nSPS) is 37.5. The summed E-state index contributed by atoms with van der Waals surface area (Å²) < 4.78 is 0. The molecule has 1 heterocycles. The molecule has 0 saturated carbocycles. The molecule has 0 aromatic heterocycles. The summed E-state index contributed by atoms with van der Waals surface area (Å²) >= 11 is 0. The third kappa shape index (κ3) is 1.95. The highest BCUT2D eigenvalue weighted by atomic mass is 16.4. The Hall–Kier alpha value is -0.160. The number of hydrogen-bond donors (Lipinski definition) is 3. The van der Waals surface area contributed by atoms with E-state index >= 15 is 0 Å². The maximum atomic E-state index is 9.37. The Labute approximate surface area is 72.4 Å². The van der Waals surface area contributed by atoms with Gasteiger partial charge in [0.1, 0.15) is 12.3 Å². The Kier molecular flexibility index (Phi) is 3.46. The zero-order valence-corrected chi connectivity index (χ0v) is 7.35. The Bertz CT molecular complexity index is 142. The molecule has 0 spiro atoms. The molecule has 0 aliphatic carbocycles. The van der Waals surface area contributed by atoms with E-state index in [1.54, 1.807) is 4.90 Å². The molecule has 0 bridgehead atoms. The van der Waals surface area contributed by atoms with Gasteiger partial charge in [-0.1, -0.05) is 13.3 Å². The number of unbranched alkanes of at least 4 members (excludes halogenated alkanes) is 1. The Morgan fingerprint density at radius 3 is 2.42 bits per heavy atom. The first kappa shape index (κ1) is 9.92. The van der Waals surface area contributed by atoms with Crippen LogP contribution in [0.2, 0.25) is 0 Å². The Balaban J connectivity index is 2.36. The van der Waals surface area contributed by atoms with E-state index in [1.165, 1.54) is 0 Å². The van der Waals surface area contributed by atoms with E-state index in [9.17, 15) is 15.3 Å². The minimum absolute atomic E-state index is 0.377. The van der Waals surface area contributed by atoms with Crippen molar-refractivity contribution >= 4 is 0 Å². The molecule has 3 atom stereocenters. The van der Waals surface area contributed by atoms with E-state index in [0.717, 1.165) is 19.4 Å². The van der Waals surface area contributed by atoms with Crippen LogP contribution >= 0.6 is 0 Å². The van der Waals surface area contributed by atoms with Crippen molar-refractivity contribution in [1.82, 2.24) is 4.90 Å². The lowest BCUT2D eigenvalue weighted by Crippen LogP contribution is -2.36. The first-order valence-corrected chi connectivity index (χ1v) is 4.45. The lowest BCUT2D eigenvalue weighted by atomic mass is 10.2. The van der Waals surface area contributed by atoms with E-state index in [-0.39, 0.29) is 0 Å². The smallest absolute Gasteiger partial charge is 0.136 e. The van der Waals surface area contributed by atoms with E-state index in [4.69, 9.17) is 0 Å². The number of β-amino-alcohol motifs (C(OH)–C–C–N with tert-alkyl or cyclic N) is 1. The summed E-state index contributed by atoms with van der Waals surface area (Å²) in [6.45, 7) is 3.18. The number of rotatable bonds is 3. The molecule has 12 heavy (non-hydrogen) atoms. The average molecular weight is 175 g/mol. The summed E-state index contributed by atoms with van der Waals surface area (Å²) in [6.07, 6.45) is -0.642. The topological polar surface area (TPSA) is 63.9 Å². The van der Waals surface area contributed by atoms with Gasteiger partial charge in [0.25, 0.3) is 0 Å². The summed E-state index contributed by atoms with van der Waals surface area (Å²) in [6, 6.07) is 0.